The molecule has 0 bridgehead atoms. The number of carbonyl (C=O) groups is 1. The van der Waals surface area contributed by atoms with E-state index >= 15 is 0 Å². The second-order valence-corrected chi connectivity index (χ2v) is 5.27. The van der Waals surface area contributed by atoms with Gasteiger partial charge in [-0.15, -0.1) is 0 Å². The van der Waals surface area contributed by atoms with Gasteiger partial charge >= 0.3 is 0 Å². The van der Waals surface area contributed by atoms with Crippen LogP contribution in [0.25, 0.3) is 17.0 Å². The van der Waals surface area contributed by atoms with E-state index < -0.39 is 0 Å². The van der Waals surface area contributed by atoms with E-state index in [1.807, 2.05) is 25.2 Å². The Labute approximate surface area is 139 Å². The Morgan fingerprint density at radius 1 is 1.33 bits per heavy atom. The summed E-state index contributed by atoms with van der Waals surface area (Å²) in [7, 11) is 3.31. The number of nitrogens with zero attached hydrogens (tertiary/aromatic N) is 2. The fraction of sp³-hybridized carbons (Fsp3) is 0.111. The Morgan fingerprint density at radius 2 is 2.17 bits per heavy atom. The fourth-order valence-electron chi connectivity index (χ4n) is 2.49. The lowest BCUT2D eigenvalue weighted by molar-refractivity contribution is -0.111. The van der Waals surface area contributed by atoms with Crippen LogP contribution in [0.1, 0.15) is 5.56 Å². The van der Waals surface area contributed by atoms with Crippen LogP contribution in [-0.4, -0.2) is 27.9 Å². The highest BCUT2D eigenvalue weighted by atomic mass is 16.5. The van der Waals surface area contributed by atoms with Crippen LogP contribution in [0.15, 0.2) is 48.7 Å². The summed E-state index contributed by atoms with van der Waals surface area (Å²) in [5, 5.41) is 17.7. The number of aromatic nitrogens is 2. The summed E-state index contributed by atoms with van der Waals surface area (Å²) in [6.07, 6.45) is 4.79. The average molecular weight is 323 g/mol. The van der Waals surface area contributed by atoms with Gasteiger partial charge in [-0.05, 0) is 29.8 Å². The van der Waals surface area contributed by atoms with Crippen molar-refractivity contribution in [1.29, 1.82) is 0 Å². The zero-order chi connectivity index (χ0) is 17.1. The van der Waals surface area contributed by atoms with Crippen molar-refractivity contribution < 1.29 is 14.6 Å². The zero-order valence-corrected chi connectivity index (χ0v) is 13.4. The number of benzene rings is 2. The molecule has 0 aliphatic rings. The Bertz CT molecular complexity index is 928. The normalized spacial score (nSPS) is 11.1. The SMILES string of the molecule is COc1ccc(/C=C/C(=O)Nc2cccc3cnn(C)c23)cc1O. The van der Waals surface area contributed by atoms with Crippen LogP contribution in [-0.2, 0) is 11.8 Å². The number of hydrogen-bond acceptors (Lipinski definition) is 4. The van der Waals surface area contributed by atoms with Gasteiger partial charge in [0.1, 0.15) is 0 Å². The molecule has 6 nitrogen and oxygen atoms in total. The van der Waals surface area contributed by atoms with Crippen molar-refractivity contribution in [2.45, 2.75) is 0 Å². The highest BCUT2D eigenvalue weighted by Crippen LogP contribution is 2.27. The molecule has 1 amide bonds. The molecule has 2 N–H and O–H groups in total. The summed E-state index contributed by atoms with van der Waals surface area (Å²) in [6, 6.07) is 10.6. The number of hydrogen-bond donors (Lipinski definition) is 2. The molecule has 0 unspecified atom stereocenters. The third-order valence-electron chi connectivity index (χ3n) is 3.65. The maximum Gasteiger partial charge on any atom is 0.248 e. The first kappa shape index (κ1) is 15.6. The van der Waals surface area contributed by atoms with E-state index in [2.05, 4.69) is 10.4 Å². The maximum absolute atomic E-state index is 12.2. The number of rotatable bonds is 4. The largest absolute Gasteiger partial charge is 0.504 e. The number of phenols is 1. The van der Waals surface area contributed by atoms with Gasteiger partial charge in [-0.3, -0.25) is 9.48 Å². The predicted molar refractivity (Wildman–Crippen MR) is 93.0 cm³/mol. The van der Waals surface area contributed by atoms with Crippen molar-refractivity contribution in [3.05, 3.63) is 54.2 Å². The van der Waals surface area contributed by atoms with Crippen LogP contribution in [0, 0.1) is 0 Å². The molecule has 0 saturated heterocycles. The lowest BCUT2D eigenvalue weighted by Crippen LogP contribution is -2.09. The standard InChI is InChI=1S/C18H17N3O3/c1-21-18-13(11-19-21)4-3-5-14(18)20-17(23)9-7-12-6-8-16(24-2)15(22)10-12/h3-11,22H,1-2H3,(H,20,23)/b9-7+. The topological polar surface area (TPSA) is 76.4 Å². The number of methoxy groups -OCH3 is 1. The third kappa shape index (κ3) is 3.08. The molecule has 2 aromatic carbocycles. The van der Waals surface area contributed by atoms with Gasteiger partial charge in [0, 0.05) is 18.5 Å². The molecular formula is C18H17N3O3. The molecular weight excluding hydrogens is 306 g/mol. The third-order valence-corrected chi connectivity index (χ3v) is 3.65. The van der Waals surface area contributed by atoms with E-state index in [0.717, 1.165) is 10.9 Å². The van der Waals surface area contributed by atoms with Gasteiger partial charge in [-0.2, -0.15) is 5.10 Å². The molecule has 3 rings (SSSR count). The minimum Gasteiger partial charge on any atom is -0.504 e. The first-order valence-electron chi connectivity index (χ1n) is 7.35. The highest BCUT2D eigenvalue weighted by Gasteiger charge is 2.07. The van der Waals surface area contributed by atoms with E-state index in [9.17, 15) is 9.90 Å². The Kier molecular flexibility index (Phi) is 4.20. The van der Waals surface area contributed by atoms with E-state index in [-0.39, 0.29) is 11.7 Å². The minimum atomic E-state index is -0.265. The van der Waals surface area contributed by atoms with Crippen LogP contribution in [0.5, 0.6) is 11.5 Å². The van der Waals surface area contributed by atoms with Crippen molar-refractivity contribution in [1.82, 2.24) is 9.78 Å². The quantitative estimate of drug-likeness (QED) is 0.724. The molecule has 0 aliphatic heterocycles. The van der Waals surface area contributed by atoms with Crippen LogP contribution >= 0.6 is 0 Å². The molecule has 122 valence electrons. The lowest BCUT2D eigenvalue weighted by Gasteiger charge is -2.06. The Balaban J connectivity index is 1.77. The van der Waals surface area contributed by atoms with Gasteiger partial charge in [-0.1, -0.05) is 18.2 Å². The smallest absolute Gasteiger partial charge is 0.248 e. The van der Waals surface area contributed by atoms with Crippen molar-refractivity contribution in [3.8, 4) is 11.5 Å². The molecule has 0 fully saturated rings. The summed E-state index contributed by atoms with van der Waals surface area (Å²) >= 11 is 0. The number of aryl methyl sites for hydroxylation is 1. The number of carbonyl (C=O) groups excluding carboxylic acids is 1. The minimum absolute atomic E-state index is 0.0275. The Morgan fingerprint density at radius 3 is 2.92 bits per heavy atom. The molecule has 0 atom stereocenters. The number of aromatic hydroxyl groups is 1. The zero-order valence-electron chi connectivity index (χ0n) is 13.4. The van der Waals surface area contributed by atoms with Crippen LogP contribution in [0.4, 0.5) is 5.69 Å². The van der Waals surface area contributed by atoms with E-state index in [1.54, 1.807) is 29.1 Å². The predicted octanol–water partition coefficient (Wildman–Crippen LogP) is 2.94. The number of ether oxygens (including phenoxy) is 1. The monoisotopic (exact) mass is 323 g/mol. The van der Waals surface area contributed by atoms with Gasteiger partial charge in [0.2, 0.25) is 5.91 Å². The van der Waals surface area contributed by atoms with Gasteiger partial charge in [0.25, 0.3) is 0 Å². The number of phenolic OH excluding ortho intramolecular Hbond substituents is 1. The molecule has 0 spiro atoms. The van der Waals surface area contributed by atoms with Crippen molar-refractivity contribution in [3.63, 3.8) is 0 Å². The molecule has 24 heavy (non-hydrogen) atoms. The molecule has 6 heteroatoms. The maximum atomic E-state index is 12.2. The summed E-state index contributed by atoms with van der Waals surface area (Å²) in [4.78, 5) is 12.2. The highest BCUT2D eigenvalue weighted by molar-refractivity contribution is 6.06. The average Bonchev–Trinajstić information content (AvgIpc) is 2.95. The molecule has 3 aromatic rings. The van der Waals surface area contributed by atoms with Crippen LogP contribution < -0.4 is 10.1 Å². The van der Waals surface area contributed by atoms with E-state index in [0.29, 0.717) is 17.0 Å². The summed E-state index contributed by atoms with van der Waals surface area (Å²) in [6.45, 7) is 0. The van der Waals surface area contributed by atoms with Crippen molar-refractivity contribution >= 4 is 28.6 Å². The number of nitrogens with one attached hydrogen (secondary N) is 1. The molecule has 1 aromatic heterocycles. The van der Waals surface area contributed by atoms with Crippen molar-refractivity contribution in [2.24, 2.45) is 7.05 Å². The van der Waals surface area contributed by atoms with Crippen molar-refractivity contribution in [2.75, 3.05) is 12.4 Å². The summed E-state index contributed by atoms with van der Waals surface area (Å²) in [5.74, 6) is 0.151. The van der Waals surface area contributed by atoms with E-state index in [1.165, 1.54) is 19.3 Å². The first-order valence-corrected chi connectivity index (χ1v) is 7.35. The number of anilines is 1. The van der Waals surface area contributed by atoms with Gasteiger partial charge < -0.3 is 15.2 Å². The second-order valence-electron chi connectivity index (χ2n) is 5.27. The first-order chi connectivity index (χ1) is 11.6. The Hall–Kier alpha value is -3.28. The van der Waals surface area contributed by atoms with Crippen LogP contribution in [0.3, 0.4) is 0 Å². The lowest BCUT2D eigenvalue weighted by atomic mass is 10.2. The molecule has 0 saturated carbocycles. The van der Waals surface area contributed by atoms with Gasteiger partial charge in [-0.25, -0.2) is 0 Å². The van der Waals surface area contributed by atoms with E-state index in [4.69, 9.17) is 4.74 Å². The molecule has 0 radical (unpaired) electrons. The summed E-state index contributed by atoms with van der Waals surface area (Å²) < 4.78 is 6.71. The van der Waals surface area contributed by atoms with Crippen LogP contribution in [0.2, 0.25) is 0 Å². The number of fused-ring (bicyclic) bond motifs is 1. The fourth-order valence-corrected chi connectivity index (χ4v) is 2.49. The van der Waals surface area contributed by atoms with Gasteiger partial charge in [0.15, 0.2) is 11.5 Å². The second kappa shape index (κ2) is 6.45. The summed E-state index contributed by atoms with van der Waals surface area (Å²) in [5.41, 5.74) is 2.25. The van der Waals surface area contributed by atoms with Gasteiger partial charge in [0.05, 0.1) is 24.5 Å². The number of amides is 1. The molecule has 0 aliphatic carbocycles. The molecule has 1 heterocycles. The number of para-hydroxylation sites is 1.